The Labute approximate surface area is 108 Å². The maximum Gasteiger partial charge on any atom is 0.126 e. The monoisotopic (exact) mass is 253 g/mol. The molecule has 1 unspecified atom stereocenters. The molecule has 1 aliphatic rings. The van der Waals surface area contributed by atoms with Crippen LogP contribution in [0.25, 0.3) is 0 Å². The molecule has 0 aliphatic heterocycles. The number of aryl methyl sites for hydroxylation is 1. The lowest BCUT2D eigenvalue weighted by molar-refractivity contribution is 0.358. The van der Waals surface area contributed by atoms with Crippen LogP contribution in [0.4, 0.5) is 8.78 Å². The Kier molecular flexibility index (Phi) is 4.70. The lowest BCUT2D eigenvalue weighted by atomic mass is 9.92. The van der Waals surface area contributed by atoms with Crippen molar-refractivity contribution in [1.82, 2.24) is 5.32 Å². The molecule has 0 heterocycles. The second kappa shape index (κ2) is 6.28. The van der Waals surface area contributed by atoms with Crippen LogP contribution < -0.4 is 5.32 Å². The van der Waals surface area contributed by atoms with Crippen molar-refractivity contribution in [3.05, 3.63) is 35.4 Å². The molecule has 0 radical (unpaired) electrons. The lowest BCUT2D eigenvalue weighted by Gasteiger charge is -2.23. The van der Waals surface area contributed by atoms with E-state index >= 15 is 0 Å². The van der Waals surface area contributed by atoms with Gasteiger partial charge in [-0.3, -0.25) is 0 Å². The maximum absolute atomic E-state index is 13.5. The van der Waals surface area contributed by atoms with Gasteiger partial charge >= 0.3 is 0 Å². The third-order valence-corrected chi connectivity index (χ3v) is 4.07. The Morgan fingerprint density at radius 2 is 2.00 bits per heavy atom. The van der Waals surface area contributed by atoms with Gasteiger partial charge in [-0.15, -0.1) is 0 Å². The minimum Gasteiger partial charge on any atom is -0.317 e. The number of rotatable bonds is 5. The summed E-state index contributed by atoms with van der Waals surface area (Å²) in [5.74, 6) is 0.0533. The highest BCUT2D eigenvalue weighted by atomic mass is 19.1. The lowest BCUT2D eigenvalue weighted by Crippen LogP contribution is -2.32. The van der Waals surface area contributed by atoms with Crippen molar-refractivity contribution in [3.63, 3.8) is 0 Å². The van der Waals surface area contributed by atoms with E-state index in [9.17, 15) is 8.78 Å². The quantitative estimate of drug-likeness (QED) is 0.844. The summed E-state index contributed by atoms with van der Waals surface area (Å²) in [6.07, 6.45) is 6.61. The number of hydrogen-bond donors (Lipinski definition) is 1. The molecule has 18 heavy (non-hydrogen) atoms. The van der Waals surface area contributed by atoms with Gasteiger partial charge in [-0.1, -0.05) is 12.8 Å². The van der Waals surface area contributed by atoms with E-state index in [1.807, 2.05) is 7.05 Å². The third-order valence-electron chi connectivity index (χ3n) is 4.07. The standard InChI is InChI=1S/C15H21F2N/c1-18-15(11-4-2-3-5-11)9-6-12-10-13(16)7-8-14(12)17/h7-8,10-11,15,18H,2-6,9H2,1H3. The molecule has 0 aromatic heterocycles. The van der Waals surface area contributed by atoms with Crippen molar-refractivity contribution in [2.24, 2.45) is 5.92 Å². The minimum atomic E-state index is -0.353. The van der Waals surface area contributed by atoms with Crippen LogP contribution in [-0.4, -0.2) is 13.1 Å². The summed E-state index contributed by atoms with van der Waals surface area (Å²) < 4.78 is 26.6. The molecule has 1 nitrogen and oxygen atoms in total. The molecule has 1 saturated carbocycles. The van der Waals surface area contributed by atoms with Gasteiger partial charge in [0, 0.05) is 6.04 Å². The van der Waals surface area contributed by atoms with Crippen molar-refractivity contribution in [2.75, 3.05) is 7.05 Å². The van der Waals surface area contributed by atoms with Crippen molar-refractivity contribution >= 4 is 0 Å². The topological polar surface area (TPSA) is 12.0 Å². The summed E-state index contributed by atoms with van der Waals surface area (Å²) in [5.41, 5.74) is 0.494. The predicted molar refractivity (Wildman–Crippen MR) is 69.5 cm³/mol. The highest BCUT2D eigenvalue weighted by Crippen LogP contribution is 2.29. The fourth-order valence-corrected chi connectivity index (χ4v) is 3.02. The Morgan fingerprint density at radius 1 is 1.28 bits per heavy atom. The van der Waals surface area contributed by atoms with Crippen LogP contribution >= 0.6 is 0 Å². The molecule has 1 N–H and O–H groups in total. The van der Waals surface area contributed by atoms with Crippen molar-refractivity contribution < 1.29 is 8.78 Å². The molecule has 100 valence electrons. The molecule has 0 amide bonds. The number of halogens is 2. The van der Waals surface area contributed by atoms with Gasteiger partial charge in [-0.25, -0.2) is 8.78 Å². The van der Waals surface area contributed by atoms with E-state index in [4.69, 9.17) is 0 Å². The van der Waals surface area contributed by atoms with E-state index in [2.05, 4.69) is 5.32 Å². The van der Waals surface area contributed by atoms with E-state index in [0.717, 1.165) is 6.42 Å². The van der Waals surface area contributed by atoms with Crippen molar-refractivity contribution in [3.8, 4) is 0 Å². The Morgan fingerprint density at radius 3 is 2.67 bits per heavy atom. The van der Waals surface area contributed by atoms with E-state index in [-0.39, 0.29) is 11.6 Å². The van der Waals surface area contributed by atoms with Gasteiger partial charge in [0.25, 0.3) is 0 Å². The molecule has 1 fully saturated rings. The van der Waals surface area contributed by atoms with Crippen LogP contribution in [0.15, 0.2) is 18.2 Å². The summed E-state index contributed by atoms with van der Waals surface area (Å²) in [7, 11) is 1.96. The molecule has 2 rings (SSSR count). The Hall–Kier alpha value is -0.960. The van der Waals surface area contributed by atoms with Gasteiger partial charge < -0.3 is 5.32 Å². The van der Waals surface area contributed by atoms with Gasteiger partial charge in [-0.2, -0.15) is 0 Å². The SMILES string of the molecule is CNC(CCc1cc(F)ccc1F)C1CCCC1. The van der Waals surface area contributed by atoms with E-state index in [1.54, 1.807) is 0 Å². The molecule has 1 atom stereocenters. The molecular formula is C15H21F2N. The minimum absolute atomic E-state index is 0.294. The van der Waals surface area contributed by atoms with Gasteiger partial charge in [0.05, 0.1) is 0 Å². The molecule has 3 heteroatoms. The predicted octanol–water partition coefficient (Wildman–Crippen LogP) is 3.68. The first-order chi connectivity index (χ1) is 8.70. The second-order valence-corrected chi connectivity index (χ2v) is 5.21. The first kappa shape index (κ1) is 13.5. The summed E-state index contributed by atoms with van der Waals surface area (Å²) in [6.45, 7) is 0. The van der Waals surface area contributed by atoms with Crippen molar-refractivity contribution in [1.29, 1.82) is 0 Å². The maximum atomic E-state index is 13.5. The highest BCUT2D eigenvalue weighted by Gasteiger charge is 2.23. The fraction of sp³-hybridized carbons (Fsp3) is 0.600. The van der Waals surface area contributed by atoms with Crippen LogP contribution in [0, 0.1) is 17.6 Å². The molecule has 0 saturated heterocycles. The molecule has 1 aromatic rings. The number of benzene rings is 1. The average molecular weight is 253 g/mol. The fourth-order valence-electron chi connectivity index (χ4n) is 3.02. The molecule has 1 aromatic carbocycles. The van der Waals surface area contributed by atoms with E-state index < -0.39 is 0 Å². The van der Waals surface area contributed by atoms with Gasteiger partial charge in [-0.05, 0) is 62.4 Å². The summed E-state index contributed by atoms with van der Waals surface area (Å²) >= 11 is 0. The Bertz CT molecular complexity index is 386. The van der Waals surface area contributed by atoms with Crippen molar-refractivity contribution in [2.45, 2.75) is 44.6 Å². The zero-order valence-electron chi connectivity index (χ0n) is 10.9. The van der Waals surface area contributed by atoms with Crippen LogP contribution in [0.3, 0.4) is 0 Å². The van der Waals surface area contributed by atoms with Gasteiger partial charge in [0.15, 0.2) is 0 Å². The van der Waals surface area contributed by atoms with Crippen LogP contribution in [-0.2, 0) is 6.42 Å². The second-order valence-electron chi connectivity index (χ2n) is 5.21. The smallest absolute Gasteiger partial charge is 0.126 e. The average Bonchev–Trinajstić information content (AvgIpc) is 2.88. The first-order valence-electron chi connectivity index (χ1n) is 6.82. The zero-order chi connectivity index (χ0) is 13.0. The molecule has 0 spiro atoms. The van der Waals surface area contributed by atoms with E-state index in [0.29, 0.717) is 23.9 Å². The Balaban J connectivity index is 1.94. The number of hydrogen-bond acceptors (Lipinski definition) is 1. The largest absolute Gasteiger partial charge is 0.317 e. The first-order valence-corrected chi connectivity index (χ1v) is 6.82. The summed E-state index contributed by atoms with van der Waals surface area (Å²) in [4.78, 5) is 0. The third kappa shape index (κ3) is 3.29. The van der Waals surface area contributed by atoms with E-state index in [1.165, 1.54) is 43.9 Å². The van der Waals surface area contributed by atoms with Gasteiger partial charge in [0.1, 0.15) is 11.6 Å². The number of nitrogens with one attached hydrogen (secondary N) is 1. The summed E-state index contributed by atoms with van der Waals surface area (Å²) in [5, 5.41) is 3.33. The van der Waals surface area contributed by atoms with Crippen LogP contribution in [0.5, 0.6) is 0 Å². The normalized spacial score (nSPS) is 18.2. The van der Waals surface area contributed by atoms with Crippen LogP contribution in [0.2, 0.25) is 0 Å². The molecule has 0 bridgehead atoms. The summed E-state index contributed by atoms with van der Waals surface area (Å²) in [6, 6.07) is 4.13. The van der Waals surface area contributed by atoms with Crippen LogP contribution in [0.1, 0.15) is 37.7 Å². The highest BCUT2D eigenvalue weighted by molar-refractivity contribution is 5.19. The zero-order valence-corrected chi connectivity index (χ0v) is 10.9. The van der Waals surface area contributed by atoms with Gasteiger partial charge in [0.2, 0.25) is 0 Å². The molecule has 1 aliphatic carbocycles. The molecular weight excluding hydrogens is 232 g/mol.